The Balaban J connectivity index is 3.11. The lowest BCUT2D eigenvalue weighted by Crippen LogP contribution is -2.00. The van der Waals surface area contributed by atoms with Gasteiger partial charge >= 0.3 is 0 Å². The number of aliphatic hydroxyl groups excluding tert-OH is 1. The molecular weight excluding hydrogens is 194 g/mol. The second-order valence-corrected chi connectivity index (χ2v) is 2.99. The Hall–Kier alpha value is -1.13. The first-order valence-electron chi connectivity index (χ1n) is 3.65. The third kappa shape index (κ3) is 2.17. The van der Waals surface area contributed by atoms with Crippen molar-refractivity contribution in [3.63, 3.8) is 0 Å². The molecule has 0 aliphatic carbocycles. The lowest BCUT2D eigenvalue weighted by Gasteiger charge is -2.05. The van der Waals surface area contributed by atoms with Crippen LogP contribution in [0.5, 0.6) is 0 Å². The van der Waals surface area contributed by atoms with Gasteiger partial charge in [0.2, 0.25) is 0 Å². The number of rotatable bonds is 3. The topological polar surface area (TPSA) is 63.4 Å². The molecular formula is C8H8ClNO3. The fraction of sp³-hybridized carbons (Fsp3) is 0.250. The summed E-state index contributed by atoms with van der Waals surface area (Å²) in [5.41, 5.74) is 0.285. The zero-order chi connectivity index (χ0) is 9.84. The Morgan fingerprint density at radius 1 is 1.54 bits per heavy atom. The van der Waals surface area contributed by atoms with Crippen molar-refractivity contribution in [2.45, 2.75) is 5.38 Å². The van der Waals surface area contributed by atoms with Crippen LogP contribution in [0.4, 0.5) is 5.69 Å². The van der Waals surface area contributed by atoms with E-state index in [0.29, 0.717) is 5.56 Å². The molecule has 1 aromatic rings. The van der Waals surface area contributed by atoms with Gasteiger partial charge in [0.1, 0.15) is 0 Å². The summed E-state index contributed by atoms with van der Waals surface area (Å²) < 4.78 is 0. The number of benzene rings is 1. The molecule has 0 spiro atoms. The molecule has 1 atom stereocenters. The van der Waals surface area contributed by atoms with Crippen molar-refractivity contribution in [2.75, 3.05) is 6.61 Å². The minimum Gasteiger partial charge on any atom is -0.394 e. The average Bonchev–Trinajstić information content (AvgIpc) is 2.16. The molecule has 0 aromatic heterocycles. The number of nitrogens with zero attached hydrogens (tertiary/aromatic N) is 1. The molecule has 0 bridgehead atoms. The lowest BCUT2D eigenvalue weighted by atomic mass is 10.1. The van der Waals surface area contributed by atoms with E-state index in [4.69, 9.17) is 16.7 Å². The van der Waals surface area contributed by atoms with Crippen LogP contribution in [0.15, 0.2) is 24.3 Å². The maximum Gasteiger partial charge on any atom is 0.274 e. The molecule has 1 aromatic carbocycles. The van der Waals surface area contributed by atoms with Gasteiger partial charge in [-0.05, 0) is 0 Å². The van der Waals surface area contributed by atoms with Crippen molar-refractivity contribution >= 4 is 17.3 Å². The monoisotopic (exact) mass is 201 g/mol. The van der Waals surface area contributed by atoms with E-state index in [0.717, 1.165) is 0 Å². The zero-order valence-corrected chi connectivity index (χ0v) is 7.44. The smallest absolute Gasteiger partial charge is 0.274 e. The van der Waals surface area contributed by atoms with E-state index in [2.05, 4.69) is 0 Å². The summed E-state index contributed by atoms with van der Waals surface area (Å²) in [6.45, 7) is -0.313. The van der Waals surface area contributed by atoms with Gasteiger partial charge in [-0.15, -0.1) is 11.6 Å². The van der Waals surface area contributed by atoms with Crippen LogP contribution in [0.3, 0.4) is 0 Å². The quantitative estimate of drug-likeness (QED) is 0.461. The van der Waals surface area contributed by atoms with Gasteiger partial charge in [0, 0.05) is 11.6 Å². The zero-order valence-electron chi connectivity index (χ0n) is 6.68. The van der Waals surface area contributed by atoms with Gasteiger partial charge in [0.15, 0.2) is 0 Å². The summed E-state index contributed by atoms with van der Waals surface area (Å²) in [4.78, 5) is 9.99. The summed E-state index contributed by atoms with van der Waals surface area (Å²) in [6, 6.07) is 6.10. The number of alkyl halides is 1. The van der Waals surface area contributed by atoms with Crippen molar-refractivity contribution in [3.05, 3.63) is 39.9 Å². The molecule has 0 aliphatic rings. The molecule has 0 saturated carbocycles. The van der Waals surface area contributed by atoms with E-state index in [1.54, 1.807) is 12.1 Å². The molecule has 0 amide bonds. The lowest BCUT2D eigenvalue weighted by molar-refractivity contribution is -0.385. The number of hydrogen-bond acceptors (Lipinski definition) is 3. The van der Waals surface area contributed by atoms with Gasteiger partial charge in [-0.25, -0.2) is 0 Å². The van der Waals surface area contributed by atoms with E-state index < -0.39 is 10.3 Å². The van der Waals surface area contributed by atoms with Crippen LogP contribution in [-0.4, -0.2) is 16.6 Å². The average molecular weight is 202 g/mol. The van der Waals surface area contributed by atoms with E-state index in [9.17, 15) is 10.1 Å². The van der Waals surface area contributed by atoms with Crippen molar-refractivity contribution in [2.24, 2.45) is 0 Å². The minimum atomic E-state index is -0.721. The fourth-order valence-corrected chi connectivity index (χ4v) is 1.20. The van der Waals surface area contributed by atoms with Gasteiger partial charge in [0.25, 0.3) is 5.69 Å². The molecule has 13 heavy (non-hydrogen) atoms. The number of halogens is 1. The Bertz CT molecular complexity index is 316. The highest BCUT2D eigenvalue weighted by Gasteiger charge is 2.18. The third-order valence-electron chi connectivity index (χ3n) is 1.63. The molecule has 1 unspecified atom stereocenters. The highest BCUT2D eigenvalue weighted by Crippen LogP contribution is 2.28. The number of nitro groups is 1. The molecule has 5 heteroatoms. The number of aliphatic hydroxyl groups is 1. The molecule has 70 valence electrons. The second kappa shape index (κ2) is 4.20. The fourth-order valence-electron chi connectivity index (χ4n) is 1.02. The SMILES string of the molecule is O=[N+]([O-])c1ccccc1C(Cl)CO. The van der Waals surface area contributed by atoms with Gasteiger partial charge in [0.05, 0.1) is 16.9 Å². The van der Waals surface area contributed by atoms with Gasteiger partial charge in [-0.2, -0.15) is 0 Å². The molecule has 0 radical (unpaired) electrons. The molecule has 1 N–H and O–H groups in total. The van der Waals surface area contributed by atoms with Gasteiger partial charge in [-0.1, -0.05) is 18.2 Å². The van der Waals surface area contributed by atoms with Crippen molar-refractivity contribution in [1.29, 1.82) is 0 Å². The maximum absolute atomic E-state index is 10.5. The largest absolute Gasteiger partial charge is 0.394 e. The standard InChI is InChI=1S/C8H8ClNO3/c9-7(5-11)6-3-1-2-4-8(6)10(12)13/h1-4,7,11H,5H2. The Labute approximate surface area is 79.9 Å². The predicted molar refractivity (Wildman–Crippen MR) is 48.8 cm³/mol. The van der Waals surface area contributed by atoms with Crippen LogP contribution in [0.1, 0.15) is 10.9 Å². The van der Waals surface area contributed by atoms with Gasteiger partial charge in [-0.3, -0.25) is 10.1 Å². The number of hydrogen-bond donors (Lipinski definition) is 1. The summed E-state index contributed by atoms with van der Waals surface area (Å²) in [5.74, 6) is 0. The maximum atomic E-state index is 10.5. The molecule has 0 saturated heterocycles. The summed E-state index contributed by atoms with van der Waals surface area (Å²) in [5, 5.41) is 18.5. The Kier molecular flexibility index (Phi) is 3.22. The molecule has 0 fully saturated rings. The Morgan fingerprint density at radius 3 is 2.69 bits per heavy atom. The van der Waals surface area contributed by atoms with Crippen LogP contribution >= 0.6 is 11.6 Å². The van der Waals surface area contributed by atoms with Crippen LogP contribution in [0.2, 0.25) is 0 Å². The van der Waals surface area contributed by atoms with Crippen molar-refractivity contribution < 1.29 is 10.0 Å². The van der Waals surface area contributed by atoms with Crippen LogP contribution in [0, 0.1) is 10.1 Å². The van der Waals surface area contributed by atoms with E-state index in [1.165, 1.54) is 12.1 Å². The highest BCUT2D eigenvalue weighted by molar-refractivity contribution is 6.21. The van der Waals surface area contributed by atoms with Gasteiger partial charge < -0.3 is 5.11 Å². The molecule has 4 nitrogen and oxygen atoms in total. The number of nitro benzene ring substituents is 1. The molecule has 0 aliphatic heterocycles. The van der Waals surface area contributed by atoms with Crippen molar-refractivity contribution in [3.8, 4) is 0 Å². The first-order chi connectivity index (χ1) is 6.16. The van der Waals surface area contributed by atoms with Crippen LogP contribution in [0.25, 0.3) is 0 Å². The first kappa shape index (κ1) is 9.95. The first-order valence-corrected chi connectivity index (χ1v) is 4.08. The second-order valence-electron chi connectivity index (χ2n) is 2.47. The van der Waals surface area contributed by atoms with Crippen LogP contribution in [-0.2, 0) is 0 Å². The summed E-state index contributed by atoms with van der Waals surface area (Å²) in [6.07, 6.45) is 0. The van der Waals surface area contributed by atoms with Crippen LogP contribution < -0.4 is 0 Å². The minimum absolute atomic E-state index is 0.0587. The summed E-state index contributed by atoms with van der Waals surface area (Å²) in [7, 11) is 0. The van der Waals surface area contributed by atoms with E-state index in [-0.39, 0.29) is 12.3 Å². The van der Waals surface area contributed by atoms with E-state index in [1.807, 2.05) is 0 Å². The summed E-state index contributed by atoms with van der Waals surface area (Å²) >= 11 is 5.69. The predicted octanol–water partition coefficient (Wildman–Crippen LogP) is 1.87. The highest BCUT2D eigenvalue weighted by atomic mass is 35.5. The Morgan fingerprint density at radius 2 is 2.15 bits per heavy atom. The number of para-hydroxylation sites is 1. The normalized spacial score (nSPS) is 12.5. The van der Waals surface area contributed by atoms with E-state index >= 15 is 0 Å². The third-order valence-corrected chi connectivity index (χ3v) is 2.00. The molecule has 1 rings (SSSR count). The molecule has 0 heterocycles. The van der Waals surface area contributed by atoms with Crippen molar-refractivity contribution in [1.82, 2.24) is 0 Å².